The van der Waals surface area contributed by atoms with Crippen molar-refractivity contribution in [3.05, 3.63) is 29.8 Å². The Morgan fingerprint density at radius 2 is 1.95 bits per heavy atom. The van der Waals surface area contributed by atoms with Crippen molar-refractivity contribution < 1.29 is 9.53 Å². The van der Waals surface area contributed by atoms with Gasteiger partial charge in [0.2, 0.25) is 5.91 Å². The van der Waals surface area contributed by atoms with E-state index in [0.29, 0.717) is 12.6 Å². The number of nitrogens with one attached hydrogen (secondary N) is 1. The smallest absolute Gasteiger partial charge is 0.242 e. The molecule has 0 heterocycles. The number of hydrogen-bond acceptors (Lipinski definition) is 3. The number of rotatable bonds is 6. The Morgan fingerprint density at radius 1 is 1.35 bits per heavy atom. The summed E-state index contributed by atoms with van der Waals surface area (Å²) in [5, 5.41) is 3.44. The maximum atomic E-state index is 11.9. The van der Waals surface area contributed by atoms with Crippen molar-refractivity contribution in [3.8, 4) is 5.75 Å². The van der Waals surface area contributed by atoms with Gasteiger partial charge >= 0.3 is 0 Å². The third kappa shape index (κ3) is 3.12. The van der Waals surface area contributed by atoms with Crippen molar-refractivity contribution in [2.24, 2.45) is 5.73 Å². The molecule has 1 aliphatic carbocycles. The summed E-state index contributed by atoms with van der Waals surface area (Å²) in [5.41, 5.74) is 5.71. The Balaban J connectivity index is 2.19. The average Bonchev–Trinajstić information content (AvgIpc) is 2.92. The summed E-state index contributed by atoms with van der Waals surface area (Å²) in [4.78, 5) is 11.9. The first-order valence-electron chi connectivity index (χ1n) is 7.37. The maximum absolute atomic E-state index is 11.9. The molecule has 0 radical (unpaired) electrons. The topological polar surface area (TPSA) is 64.3 Å². The van der Waals surface area contributed by atoms with E-state index < -0.39 is 5.54 Å². The molecule has 1 aromatic rings. The van der Waals surface area contributed by atoms with Crippen molar-refractivity contribution in [1.82, 2.24) is 5.32 Å². The van der Waals surface area contributed by atoms with Gasteiger partial charge in [0.15, 0.2) is 0 Å². The van der Waals surface area contributed by atoms with Crippen molar-refractivity contribution >= 4 is 5.91 Å². The number of nitrogens with two attached hydrogens (primary N) is 1. The van der Waals surface area contributed by atoms with Crippen LogP contribution in [0.25, 0.3) is 0 Å². The van der Waals surface area contributed by atoms with Gasteiger partial charge in [-0.15, -0.1) is 0 Å². The molecule has 110 valence electrons. The van der Waals surface area contributed by atoms with E-state index in [1.807, 2.05) is 38.1 Å². The monoisotopic (exact) mass is 276 g/mol. The molecule has 0 aromatic heterocycles. The van der Waals surface area contributed by atoms with E-state index in [4.69, 9.17) is 10.5 Å². The molecule has 1 unspecified atom stereocenters. The SMILES string of the molecule is CCOc1ccc(C(C)(NC2CCCC2)C(N)=O)cc1. The van der Waals surface area contributed by atoms with Gasteiger partial charge in [-0.2, -0.15) is 0 Å². The van der Waals surface area contributed by atoms with Crippen LogP contribution in [-0.2, 0) is 10.3 Å². The highest BCUT2D eigenvalue weighted by Gasteiger charge is 2.35. The molecule has 1 atom stereocenters. The van der Waals surface area contributed by atoms with E-state index in [2.05, 4.69) is 5.32 Å². The minimum absolute atomic E-state index is 0.339. The number of ether oxygens (including phenoxy) is 1. The molecule has 0 aliphatic heterocycles. The fraction of sp³-hybridized carbons (Fsp3) is 0.562. The van der Waals surface area contributed by atoms with Crippen LogP contribution in [-0.4, -0.2) is 18.6 Å². The predicted octanol–water partition coefficient (Wildman–Crippen LogP) is 2.32. The van der Waals surface area contributed by atoms with E-state index >= 15 is 0 Å². The average molecular weight is 276 g/mol. The third-order valence-electron chi connectivity index (χ3n) is 4.08. The zero-order chi connectivity index (χ0) is 14.6. The summed E-state index contributed by atoms with van der Waals surface area (Å²) in [6.45, 7) is 4.44. The summed E-state index contributed by atoms with van der Waals surface area (Å²) < 4.78 is 5.43. The first-order chi connectivity index (χ1) is 9.56. The van der Waals surface area contributed by atoms with Gasteiger partial charge in [0.05, 0.1) is 6.61 Å². The van der Waals surface area contributed by atoms with Crippen LogP contribution in [0.2, 0.25) is 0 Å². The lowest BCUT2D eigenvalue weighted by atomic mass is 9.90. The Hall–Kier alpha value is -1.55. The zero-order valence-electron chi connectivity index (χ0n) is 12.3. The quantitative estimate of drug-likeness (QED) is 0.838. The van der Waals surface area contributed by atoms with Gasteiger partial charge in [0.1, 0.15) is 11.3 Å². The van der Waals surface area contributed by atoms with Crippen LogP contribution in [0.15, 0.2) is 24.3 Å². The Labute approximate surface area is 120 Å². The van der Waals surface area contributed by atoms with Crippen molar-refractivity contribution in [2.45, 2.75) is 51.1 Å². The minimum atomic E-state index is -0.820. The molecule has 4 heteroatoms. The van der Waals surface area contributed by atoms with Crippen LogP contribution >= 0.6 is 0 Å². The normalized spacial score (nSPS) is 18.7. The van der Waals surface area contributed by atoms with Crippen LogP contribution in [0.1, 0.15) is 45.1 Å². The highest BCUT2D eigenvalue weighted by atomic mass is 16.5. The van der Waals surface area contributed by atoms with E-state index in [0.717, 1.165) is 24.2 Å². The Kier molecular flexibility index (Phi) is 4.65. The highest BCUT2D eigenvalue weighted by Crippen LogP contribution is 2.27. The lowest BCUT2D eigenvalue weighted by Crippen LogP contribution is -2.53. The van der Waals surface area contributed by atoms with Crippen molar-refractivity contribution in [3.63, 3.8) is 0 Å². The fourth-order valence-corrected chi connectivity index (χ4v) is 2.83. The number of primary amides is 1. The summed E-state index contributed by atoms with van der Waals surface area (Å²) in [7, 11) is 0. The standard InChI is InChI=1S/C16H24N2O2/c1-3-20-14-10-8-12(9-11-14)16(2,15(17)19)18-13-6-4-5-7-13/h8-11,13,18H,3-7H2,1-2H3,(H2,17,19). The molecule has 1 saturated carbocycles. The number of carbonyl (C=O) groups excluding carboxylic acids is 1. The Morgan fingerprint density at radius 3 is 2.45 bits per heavy atom. The lowest BCUT2D eigenvalue weighted by molar-refractivity contribution is -0.124. The van der Waals surface area contributed by atoms with Gasteiger partial charge in [-0.1, -0.05) is 25.0 Å². The zero-order valence-corrected chi connectivity index (χ0v) is 12.3. The molecule has 3 N–H and O–H groups in total. The molecule has 0 bridgehead atoms. The van der Waals surface area contributed by atoms with Gasteiger partial charge in [0, 0.05) is 6.04 Å². The van der Waals surface area contributed by atoms with E-state index in [1.54, 1.807) is 0 Å². The lowest BCUT2D eigenvalue weighted by Gasteiger charge is -2.31. The molecule has 1 amide bonds. The second-order valence-electron chi connectivity index (χ2n) is 5.57. The third-order valence-corrected chi connectivity index (χ3v) is 4.08. The van der Waals surface area contributed by atoms with Gasteiger partial charge in [-0.3, -0.25) is 10.1 Å². The van der Waals surface area contributed by atoms with E-state index in [9.17, 15) is 4.79 Å². The second kappa shape index (κ2) is 6.27. The summed E-state index contributed by atoms with van der Waals surface area (Å²) in [6.07, 6.45) is 4.66. The second-order valence-corrected chi connectivity index (χ2v) is 5.57. The molecule has 1 fully saturated rings. The van der Waals surface area contributed by atoms with Crippen LogP contribution in [0.5, 0.6) is 5.75 Å². The molecule has 1 aliphatic rings. The predicted molar refractivity (Wildman–Crippen MR) is 79.5 cm³/mol. The molecular formula is C16H24N2O2. The maximum Gasteiger partial charge on any atom is 0.242 e. The minimum Gasteiger partial charge on any atom is -0.494 e. The molecule has 0 saturated heterocycles. The largest absolute Gasteiger partial charge is 0.494 e. The van der Waals surface area contributed by atoms with E-state index in [-0.39, 0.29) is 5.91 Å². The molecule has 20 heavy (non-hydrogen) atoms. The number of carbonyl (C=O) groups is 1. The van der Waals surface area contributed by atoms with Crippen LogP contribution in [0.4, 0.5) is 0 Å². The first kappa shape index (κ1) is 14.9. The summed E-state index contributed by atoms with van der Waals surface area (Å²) in [5.74, 6) is 0.470. The highest BCUT2D eigenvalue weighted by molar-refractivity contribution is 5.85. The molecule has 4 nitrogen and oxygen atoms in total. The number of benzene rings is 1. The Bertz CT molecular complexity index is 452. The van der Waals surface area contributed by atoms with Crippen LogP contribution < -0.4 is 15.8 Å². The van der Waals surface area contributed by atoms with Gasteiger partial charge < -0.3 is 10.5 Å². The molecule has 0 spiro atoms. The van der Waals surface area contributed by atoms with Gasteiger partial charge in [-0.25, -0.2) is 0 Å². The first-order valence-corrected chi connectivity index (χ1v) is 7.37. The number of amides is 1. The fourth-order valence-electron chi connectivity index (χ4n) is 2.83. The van der Waals surface area contributed by atoms with Crippen molar-refractivity contribution in [1.29, 1.82) is 0 Å². The van der Waals surface area contributed by atoms with Crippen molar-refractivity contribution in [2.75, 3.05) is 6.61 Å². The van der Waals surface area contributed by atoms with E-state index in [1.165, 1.54) is 12.8 Å². The van der Waals surface area contributed by atoms with Crippen LogP contribution in [0.3, 0.4) is 0 Å². The summed E-state index contributed by atoms with van der Waals surface area (Å²) >= 11 is 0. The van der Waals surface area contributed by atoms with Gasteiger partial charge in [0.25, 0.3) is 0 Å². The van der Waals surface area contributed by atoms with Crippen LogP contribution in [0, 0.1) is 0 Å². The molecule has 1 aromatic carbocycles. The summed E-state index contributed by atoms with van der Waals surface area (Å²) in [6, 6.07) is 7.97. The molecule has 2 rings (SSSR count). The van der Waals surface area contributed by atoms with Gasteiger partial charge in [-0.05, 0) is 44.4 Å². The molecular weight excluding hydrogens is 252 g/mol. The number of hydrogen-bond donors (Lipinski definition) is 2.